The van der Waals surface area contributed by atoms with Crippen LogP contribution in [0.15, 0.2) is 167 Å². The lowest BCUT2D eigenvalue weighted by molar-refractivity contribution is 0.669. The SMILES string of the molecule is c1ccc(-c2nc(-c3cccc4oc5ccc(-c6cccc7oc8ccccc8c67)cc5c34)nc3c2c2ccccc2n2c4ccccc4nc32)cc1. The number of nitrogens with zero attached hydrogens (tertiary/aromatic N) is 4. The molecule has 0 aliphatic heterocycles. The van der Waals surface area contributed by atoms with E-state index in [1.807, 2.05) is 42.5 Å². The lowest BCUT2D eigenvalue weighted by Gasteiger charge is -2.14. The number of aromatic nitrogens is 4. The van der Waals surface area contributed by atoms with Gasteiger partial charge in [-0.15, -0.1) is 0 Å². The number of benzene rings is 7. The van der Waals surface area contributed by atoms with Crippen molar-refractivity contribution in [2.45, 2.75) is 0 Å². The molecule has 6 nitrogen and oxygen atoms in total. The molecule has 12 aromatic rings. The molecule has 6 heteroatoms. The molecule has 0 fully saturated rings. The molecule has 12 rings (SSSR count). The van der Waals surface area contributed by atoms with Gasteiger partial charge < -0.3 is 8.83 Å². The van der Waals surface area contributed by atoms with Crippen LogP contribution < -0.4 is 0 Å². The highest BCUT2D eigenvalue weighted by Crippen LogP contribution is 2.43. The summed E-state index contributed by atoms with van der Waals surface area (Å²) in [7, 11) is 0. The Kier molecular flexibility index (Phi) is 5.68. The van der Waals surface area contributed by atoms with Crippen molar-refractivity contribution in [2.75, 3.05) is 0 Å². The number of para-hydroxylation sites is 4. The number of furan rings is 2. The molecule has 7 aromatic carbocycles. The van der Waals surface area contributed by atoms with Crippen molar-refractivity contribution in [1.82, 2.24) is 19.4 Å². The van der Waals surface area contributed by atoms with Crippen LogP contribution in [0.5, 0.6) is 0 Å². The average Bonchev–Trinajstić information content (AvgIpc) is 3.92. The predicted molar refractivity (Wildman–Crippen MR) is 214 cm³/mol. The number of fused-ring (bicyclic) bond motifs is 14. The number of hydrogen-bond donors (Lipinski definition) is 0. The lowest BCUT2D eigenvalue weighted by Crippen LogP contribution is -2.00. The number of pyridine rings is 1. The third-order valence-electron chi connectivity index (χ3n) is 10.6. The van der Waals surface area contributed by atoms with E-state index in [-0.39, 0.29) is 0 Å². The van der Waals surface area contributed by atoms with Crippen LogP contribution in [0.1, 0.15) is 0 Å². The highest BCUT2D eigenvalue weighted by molar-refractivity contribution is 6.19. The molecule has 0 atom stereocenters. The maximum absolute atomic E-state index is 6.53. The van der Waals surface area contributed by atoms with E-state index >= 15 is 0 Å². The first-order valence-corrected chi connectivity index (χ1v) is 17.7. The normalized spacial score (nSPS) is 12.2. The van der Waals surface area contributed by atoms with Gasteiger partial charge in [0, 0.05) is 43.4 Å². The Hall–Kier alpha value is -7.31. The summed E-state index contributed by atoms with van der Waals surface area (Å²) in [5.41, 5.74) is 12.9. The van der Waals surface area contributed by atoms with Crippen molar-refractivity contribution in [2.24, 2.45) is 0 Å². The van der Waals surface area contributed by atoms with E-state index in [0.717, 1.165) is 110 Å². The second-order valence-corrected chi connectivity index (χ2v) is 13.5. The summed E-state index contributed by atoms with van der Waals surface area (Å²) in [6.07, 6.45) is 0. The van der Waals surface area contributed by atoms with E-state index in [4.69, 9.17) is 23.8 Å². The average molecular weight is 679 g/mol. The van der Waals surface area contributed by atoms with Crippen molar-refractivity contribution in [3.8, 4) is 33.8 Å². The van der Waals surface area contributed by atoms with Crippen molar-refractivity contribution in [1.29, 1.82) is 0 Å². The topological polar surface area (TPSA) is 69.4 Å². The first kappa shape index (κ1) is 28.4. The molecular formula is C47H26N4O2. The highest BCUT2D eigenvalue weighted by atomic mass is 16.3. The zero-order valence-electron chi connectivity index (χ0n) is 28.1. The molecule has 5 heterocycles. The molecule has 0 saturated heterocycles. The fourth-order valence-electron chi connectivity index (χ4n) is 8.31. The second kappa shape index (κ2) is 10.6. The van der Waals surface area contributed by atoms with Gasteiger partial charge in [-0.2, -0.15) is 0 Å². The summed E-state index contributed by atoms with van der Waals surface area (Å²) in [5, 5.41) is 6.21. The fraction of sp³-hybridized carbons (Fsp3) is 0. The first-order chi connectivity index (χ1) is 26.3. The van der Waals surface area contributed by atoms with E-state index in [2.05, 4.69) is 120 Å². The van der Waals surface area contributed by atoms with Crippen LogP contribution in [0.3, 0.4) is 0 Å². The lowest BCUT2D eigenvalue weighted by atomic mass is 9.97. The minimum Gasteiger partial charge on any atom is -0.456 e. The summed E-state index contributed by atoms with van der Waals surface area (Å²) in [6, 6.07) is 54.2. The molecule has 0 aliphatic carbocycles. The minimum atomic E-state index is 0.613. The van der Waals surface area contributed by atoms with E-state index in [0.29, 0.717) is 5.82 Å². The Balaban J connectivity index is 1.18. The molecule has 0 N–H and O–H groups in total. The molecule has 0 amide bonds. The van der Waals surface area contributed by atoms with Crippen LogP contribution in [0.2, 0.25) is 0 Å². The number of imidazole rings is 1. The summed E-state index contributed by atoms with van der Waals surface area (Å²) >= 11 is 0. The third kappa shape index (κ3) is 4.00. The molecule has 53 heavy (non-hydrogen) atoms. The highest BCUT2D eigenvalue weighted by Gasteiger charge is 2.23. The molecule has 0 saturated carbocycles. The van der Waals surface area contributed by atoms with Crippen LogP contribution in [0.25, 0.3) is 116 Å². The standard InChI is InChI=1S/C47H26N4O2/c1-2-12-27(13-3-1)44-43-30-14-4-7-19-35(30)51-36-20-8-6-18-34(36)48-47(51)45(43)50-46(49-44)32-17-11-23-40-42(32)33-26-28(24-25-38(33)53-40)29-16-10-22-39-41(29)31-15-5-9-21-37(31)52-39/h1-26H. The van der Waals surface area contributed by atoms with Crippen molar-refractivity contribution in [3.05, 3.63) is 158 Å². The molecule has 0 spiro atoms. The van der Waals surface area contributed by atoms with E-state index in [1.165, 1.54) is 0 Å². The van der Waals surface area contributed by atoms with Gasteiger partial charge in [0.25, 0.3) is 0 Å². The van der Waals surface area contributed by atoms with Crippen molar-refractivity contribution >= 4 is 82.4 Å². The van der Waals surface area contributed by atoms with Crippen LogP contribution in [-0.4, -0.2) is 19.4 Å². The molecule has 0 bridgehead atoms. The number of rotatable bonds is 3. The Morgan fingerprint density at radius 3 is 1.92 bits per heavy atom. The van der Waals surface area contributed by atoms with Gasteiger partial charge in [-0.25, -0.2) is 15.0 Å². The number of hydrogen-bond acceptors (Lipinski definition) is 5. The smallest absolute Gasteiger partial charge is 0.165 e. The molecular weight excluding hydrogens is 653 g/mol. The largest absolute Gasteiger partial charge is 0.456 e. The Bertz CT molecular complexity index is 3460. The van der Waals surface area contributed by atoms with Crippen LogP contribution >= 0.6 is 0 Å². The zero-order chi connectivity index (χ0) is 34.6. The van der Waals surface area contributed by atoms with Gasteiger partial charge in [0.2, 0.25) is 0 Å². The summed E-state index contributed by atoms with van der Waals surface area (Å²) in [4.78, 5) is 16.1. The van der Waals surface area contributed by atoms with Gasteiger partial charge in [-0.05, 0) is 59.7 Å². The van der Waals surface area contributed by atoms with Gasteiger partial charge in [-0.1, -0.05) is 109 Å². The maximum atomic E-state index is 6.53. The molecule has 0 aliphatic rings. The first-order valence-electron chi connectivity index (χ1n) is 17.7. The second-order valence-electron chi connectivity index (χ2n) is 13.5. The van der Waals surface area contributed by atoms with Gasteiger partial charge >= 0.3 is 0 Å². The van der Waals surface area contributed by atoms with Gasteiger partial charge in [-0.3, -0.25) is 4.40 Å². The maximum Gasteiger partial charge on any atom is 0.165 e. The third-order valence-corrected chi connectivity index (χ3v) is 10.6. The predicted octanol–water partition coefficient (Wildman–Crippen LogP) is 12.4. The van der Waals surface area contributed by atoms with Crippen LogP contribution in [-0.2, 0) is 0 Å². The summed E-state index contributed by atoms with van der Waals surface area (Å²) in [6.45, 7) is 0. The Morgan fingerprint density at radius 2 is 1.08 bits per heavy atom. The van der Waals surface area contributed by atoms with Crippen LogP contribution in [0, 0.1) is 0 Å². The molecule has 246 valence electrons. The van der Waals surface area contributed by atoms with Crippen molar-refractivity contribution < 1.29 is 8.83 Å². The summed E-state index contributed by atoms with van der Waals surface area (Å²) in [5.74, 6) is 0.613. The van der Waals surface area contributed by atoms with Crippen LogP contribution in [0.4, 0.5) is 0 Å². The quantitative estimate of drug-likeness (QED) is 0.174. The van der Waals surface area contributed by atoms with Gasteiger partial charge in [0.15, 0.2) is 11.5 Å². The molecule has 0 unspecified atom stereocenters. The zero-order valence-corrected chi connectivity index (χ0v) is 28.1. The molecule has 5 aromatic heterocycles. The molecule has 0 radical (unpaired) electrons. The monoisotopic (exact) mass is 678 g/mol. The fourth-order valence-corrected chi connectivity index (χ4v) is 8.31. The van der Waals surface area contributed by atoms with E-state index in [9.17, 15) is 0 Å². The van der Waals surface area contributed by atoms with Gasteiger partial charge in [0.05, 0.1) is 22.2 Å². The summed E-state index contributed by atoms with van der Waals surface area (Å²) < 4.78 is 15.0. The minimum absolute atomic E-state index is 0.613. The van der Waals surface area contributed by atoms with Crippen molar-refractivity contribution in [3.63, 3.8) is 0 Å². The van der Waals surface area contributed by atoms with E-state index < -0.39 is 0 Å². The Morgan fingerprint density at radius 1 is 0.415 bits per heavy atom. The van der Waals surface area contributed by atoms with Gasteiger partial charge in [0.1, 0.15) is 27.8 Å². The van der Waals surface area contributed by atoms with E-state index in [1.54, 1.807) is 0 Å². The Labute approximate surface area is 301 Å².